The van der Waals surface area contributed by atoms with E-state index in [1.165, 1.54) is 11.1 Å². The number of aliphatic imine (C=N–C) groups is 1. The van der Waals surface area contributed by atoms with Gasteiger partial charge in [0.25, 0.3) is 0 Å². The Morgan fingerprint density at radius 2 is 2.12 bits per heavy atom. The van der Waals surface area contributed by atoms with Gasteiger partial charge in [0.05, 0.1) is 12.7 Å². The van der Waals surface area contributed by atoms with Crippen LogP contribution in [0.3, 0.4) is 0 Å². The summed E-state index contributed by atoms with van der Waals surface area (Å²) in [6.45, 7) is 8.57. The van der Waals surface area contributed by atoms with Gasteiger partial charge in [-0.15, -0.1) is 0 Å². The molecule has 6 heteroatoms. The molecule has 0 fully saturated rings. The van der Waals surface area contributed by atoms with Crippen molar-refractivity contribution in [1.29, 1.82) is 0 Å². The Labute approximate surface area is 150 Å². The minimum atomic E-state index is 0.0485. The third-order valence-electron chi connectivity index (χ3n) is 3.73. The molecule has 0 aliphatic rings. The number of nitrogens with one attached hydrogen (secondary N) is 2. The molecule has 0 saturated carbocycles. The molecule has 0 bridgehead atoms. The first-order valence-electron chi connectivity index (χ1n) is 8.73. The number of benzene rings is 1. The Hall–Kier alpha value is -2.50. The monoisotopic (exact) mass is 343 g/mol. The van der Waals surface area contributed by atoms with E-state index < -0.39 is 0 Å². The van der Waals surface area contributed by atoms with E-state index in [0.717, 1.165) is 31.2 Å². The van der Waals surface area contributed by atoms with Crippen LogP contribution in [0.15, 0.2) is 41.7 Å². The van der Waals surface area contributed by atoms with Crippen LogP contribution in [0.25, 0.3) is 0 Å². The summed E-state index contributed by atoms with van der Waals surface area (Å²) >= 11 is 0. The molecule has 1 atom stereocenters. The van der Waals surface area contributed by atoms with Crippen molar-refractivity contribution >= 4 is 5.96 Å². The van der Waals surface area contributed by atoms with E-state index in [1.54, 1.807) is 7.05 Å². The van der Waals surface area contributed by atoms with E-state index in [9.17, 15) is 0 Å². The first-order valence-corrected chi connectivity index (χ1v) is 8.73. The van der Waals surface area contributed by atoms with E-state index in [2.05, 4.69) is 39.9 Å². The highest BCUT2D eigenvalue weighted by Gasteiger charge is 2.06. The lowest BCUT2D eigenvalue weighted by Crippen LogP contribution is -2.42. The Morgan fingerprint density at radius 1 is 1.28 bits per heavy atom. The van der Waals surface area contributed by atoms with Crippen molar-refractivity contribution in [3.63, 3.8) is 0 Å². The van der Waals surface area contributed by atoms with Crippen LogP contribution < -0.4 is 15.4 Å². The summed E-state index contributed by atoms with van der Waals surface area (Å²) in [5.41, 5.74) is 2.38. The second-order valence-electron chi connectivity index (χ2n) is 6.26. The molecule has 1 unspecified atom stereocenters. The van der Waals surface area contributed by atoms with Gasteiger partial charge in [-0.25, -0.2) is 0 Å². The molecular formula is C19H29N5O. The second kappa shape index (κ2) is 9.71. The molecule has 0 amide bonds. The van der Waals surface area contributed by atoms with Crippen LogP contribution in [0.5, 0.6) is 5.75 Å². The maximum Gasteiger partial charge on any atom is 0.191 e. The van der Waals surface area contributed by atoms with E-state index in [0.29, 0.717) is 6.54 Å². The zero-order chi connectivity index (χ0) is 18.1. The molecule has 2 N–H and O–H groups in total. The van der Waals surface area contributed by atoms with Gasteiger partial charge >= 0.3 is 0 Å². The lowest BCUT2D eigenvalue weighted by atomic mass is 10.2. The summed E-state index contributed by atoms with van der Waals surface area (Å²) < 4.78 is 7.88. The first-order chi connectivity index (χ1) is 12.1. The van der Waals surface area contributed by atoms with Crippen molar-refractivity contribution in [3.8, 4) is 5.75 Å². The molecule has 6 nitrogen and oxygen atoms in total. The van der Waals surface area contributed by atoms with E-state index in [4.69, 9.17) is 4.74 Å². The molecule has 0 aliphatic heterocycles. The predicted octanol–water partition coefficient (Wildman–Crippen LogP) is 2.52. The van der Waals surface area contributed by atoms with Crippen LogP contribution in [-0.2, 0) is 6.54 Å². The van der Waals surface area contributed by atoms with Crippen LogP contribution >= 0.6 is 0 Å². The lowest BCUT2D eigenvalue weighted by molar-refractivity contribution is 0.223. The van der Waals surface area contributed by atoms with E-state index in [1.807, 2.05) is 42.9 Å². The van der Waals surface area contributed by atoms with Gasteiger partial charge in [-0.3, -0.25) is 9.67 Å². The molecule has 136 valence electrons. The Balaban J connectivity index is 1.65. The van der Waals surface area contributed by atoms with Crippen LogP contribution in [0.1, 0.15) is 24.5 Å². The van der Waals surface area contributed by atoms with Gasteiger partial charge in [0, 0.05) is 26.3 Å². The van der Waals surface area contributed by atoms with Gasteiger partial charge in [-0.05, 0) is 50.5 Å². The fourth-order valence-corrected chi connectivity index (χ4v) is 2.46. The number of guanidine groups is 1. The maximum absolute atomic E-state index is 5.92. The summed E-state index contributed by atoms with van der Waals surface area (Å²) in [6, 6.07) is 8.09. The molecule has 1 aromatic heterocycles. The average molecular weight is 343 g/mol. The highest BCUT2D eigenvalue weighted by Crippen LogP contribution is 2.13. The van der Waals surface area contributed by atoms with Crippen molar-refractivity contribution in [1.82, 2.24) is 20.4 Å². The molecule has 2 rings (SSSR count). The molecule has 0 spiro atoms. The van der Waals surface area contributed by atoms with Crippen molar-refractivity contribution in [2.45, 2.75) is 39.8 Å². The first kappa shape index (κ1) is 18.8. The molecule has 25 heavy (non-hydrogen) atoms. The third kappa shape index (κ3) is 6.87. The van der Waals surface area contributed by atoms with Crippen molar-refractivity contribution in [2.24, 2.45) is 4.99 Å². The van der Waals surface area contributed by atoms with Crippen LogP contribution in [-0.4, -0.2) is 42.0 Å². The standard InChI is InChI=1S/C19H29N5O/c1-15-7-5-8-18(11-15)25-17(3)13-22-19(20-4)21-9-6-10-24-14-16(2)12-23-24/h5,7-8,11-12,14,17H,6,9-10,13H2,1-4H3,(H2,20,21,22). The van der Waals surface area contributed by atoms with Gasteiger partial charge < -0.3 is 15.4 Å². The topological polar surface area (TPSA) is 63.5 Å². The van der Waals surface area contributed by atoms with Gasteiger partial charge in [0.15, 0.2) is 5.96 Å². The Bertz CT molecular complexity index is 680. The maximum atomic E-state index is 5.92. The van der Waals surface area contributed by atoms with Gasteiger partial charge in [0.2, 0.25) is 0 Å². The molecule has 1 aromatic carbocycles. The fourth-order valence-electron chi connectivity index (χ4n) is 2.46. The largest absolute Gasteiger partial charge is 0.489 e. The third-order valence-corrected chi connectivity index (χ3v) is 3.73. The van der Waals surface area contributed by atoms with Crippen LogP contribution in [0.4, 0.5) is 0 Å². The lowest BCUT2D eigenvalue weighted by Gasteiger charge is -2.18. The molecular weight excluding hydrogens is 314 g/mol. The Morgan fingerprint density at radius 3 is 2.80 bits per heavy atom. The minimum absolute atomic E-state index is 0.0485. The molecule has 1 heterocycles. The molecule has 0 aliphatic carbocycles. The number of nitrogens with zero attached hydrogens (tertiary/aromatic N) is 3. The van der Waals surface area contributed by atoms with Gasteiger partial charge in [-0.1, -0.05) is 12.1 Å². The number of hydrogen-bond donors (Lipinski definition) is 2. The van der Waals surface area contributed by atoms with E-state index >= 15 is 0 Å². The highest BCUT2D eigenvalue weighted by molar-refractivity contribution is 5.79. The summed E-state index contributed by atoms with van der Waals surface area (Å²) in [4.78, 5) is 4.25. The average Bonchev–Trinajstić information content (AvgIpc) is 2.99. The Kier molecular flexibility index (Phi) is 7.32. The van der Waals surface area contributed by atoms with Crippen molar-refractivity contribution in [2.75, 3.05) is 20.1 Å². The summed E-state index contributed by atoms with van der Waals surface area (Å²) in [5, 5.41) is 10.9. The summed E-state index contributed by atoms with van der Waals surface area (Å²) in [7, 11) is 1.78. The number of hydrogen-bond acceptors (Lipinski definition) is 3. The van der Waals surface area contributed by atoms with Gasteiger partial charge in [0.1, 0.15) is 11.9 Å². The highest BCUT2D eigenvalue weighted by atomic mass is 16.5. The van der Waals surface area contributed by atoms with Crippen LogP contribution in [0, 0.1) is 13.8 Å². The fraction of sp³-hybridized carbons (Fsp3) is 0.474. The van der Waals surface area contributed by atoms with Crippen molar-refractivity contribution < 1.29 is 4.74 Å². The number of ether oxygens (including phenoxy) is 1. The molecule has 0 saturated heterocycles. The number of aryl methyl sites for hydroxylation is 3. The normalized spacial score (nSPS) is 12.7. The summed E-state index contributed by atoms with van der Waals surface area (Å²) in [5.74, 6) is 1.68. The predicted molar refractivity (Wildman–Crippen MR) is 102 cm³/mol. The zero-order valence-corrected chi connectivity index (χ0v) is 15.6. The summed E-state index contributed by atoms with van der Waals surface area (Å²) in [6.07, 6.45) is 4.96. The SMILES string of the molecule is CN=C(NCCCn1cc(C)cn1)NCC(C)Oc1cccc(C)c1. The van der Waals surface area contributed by atoms with Crippen LogP contribution in [0.2, 0.25) is 0 Å². The quantitative estimate of drug-likeness (QED) is 0.439. The van der Waals surface area contributed by atoms with Gasteiger partial charge in [-0.2, -0.15) is 5.10 Å². The molecule has 2 aromatic rings. The van der Waals surface area contributed by atoms with E-state index in [-0.39, 0.29) is 6.10 Å². The number of aromatic nitrogens is 2. The molecule has 0 radical (unpaired) electrons. The zero-order valence-electron chi connectivity index (χ0n) is 15.6. The second-order valence-corrected chi connectivity index (χ2v) is 6.26. The minimum Gasteiger partial charge on any atom is -0.489 e. The van der Waals surface area contributed by atoms with Crippen molar-refractivity contribution in [3.05, 3.63) is 47.8 Å². The smallest absolute Gasteiger partial charge is 0.191 e. The number of rotatable bonds is 8.